The number of rotatable bonds is 7. The number of carboxylic acid groups (broad SMARTS) is 1. The van der Waals surface area contributed by atoms with Crippen LogP contribution in [-0.2, 0) is 4.79 Å². The summed E-state index contributed by atoms with van der Waals surface area (Å²) in [4.78, 5) is 12.9. The molecular formula is C17H23BrO2S. The number of thioether (sulfide) groups is 1. The van der Waals surface area contributed by atoms with Crippen molar-refractivity contribution < 1.29 is 9.90 Å². The summed E-state index contributed by atoms with van der Waals surface area (Å²) in [5.74, 6) is -0.657. The summed E-state index contributed by atoms with van der Waals surface area (Å²) in [5, 5.41) is 9.75. The first-order valence-electron chi connectivity index (χ1n) is 7.63. The van der Waals surface area contributed by atoms with E-state index in [9.17, 15) is 9.90 Å². The molecule has 0 aromatic heterocycles. The molecule has 0 amide bonds. The molecule has 0 bridgehead atoms. The van der Waals surface area contributed by atoms with E-state index in [-0.39, 0.29) is 5.41 Å². The van der Waals surface area contributed by atoms with Crippen molar-refractivity contribution in [2.45, 2.75) is 62.0 Å². The molecule has 1 aliphatic carbocycles. The van der Waals surface area contributed by atoms with Crippen molar-refractivity contribution >= 4 is 33.7 Å². The van der Waals surface area contributed by atoms with Crippen LogP contribution in [0.2, 0.25) is 0 Å². The number of carbonyl (C=O) groups is 1. The third-order valence-electron chi connectivity index (χ3n) is 4.38. The minimum atomic E-state index is -0.657. The first kappa shape index (κ1) is 16.9. The second kappa shape index (κ2) is 6.74. The van der Waals surface area contributed by atoms with Crippen LogP contribution in [0, 0.1) is 5.41 Å². The average molecular weight is 371 g/mol. The highest BCUT2D eigenvalue weighted by atomic mass is 79.9. The molecule has 1 aliphatic rings. The number of hydrogen-bond donors (Lipinski definition) is 1. The highest BCUT2D eigenvalue weighted by molar-refractivity contribution is 9.10. The maximum Gasteiger partial charge on any atom is 0.320 e. The molecule has 0 aliphatic heterocycles. The van der Waals surface area contributed by atoms with E-state index in [0.717, 1.165) is 47.9 Å². The molecule has 2 rings (SSSR count). The maximum atomic E-state index is 11.9. The van der Waals surface area contributed by atoms with Crippen molar-refractivity contribution in [3.63, 3.8) is 0 Å². The van der Waals surface area contributed by atoms with Gasteiger partial charge in [-0.3, -0.25) is 4.79 Å². The smallest absolute Gasteiger partial charge is 0.320 e. The van der Waals surface area contributed by atoms with Gasteiger partial charge in [-0.2, -0.15) is 0 Å². The van der Waals surface area contributed by atoms with E-state index >= 15 is 0 Å². The number of aliphatic carboxylic acids is 1. The Kier molecular flexibility index (Phi) is 5.42. The highest BCUT2D eigenvalue weighted by Gasteiger charge is 2.58. The molecular weight excluding hydrogens is 348 g/mol. The monoisotopic (exact) mass is 370 g/mol. The SMILES string of the molecule is CCCC1(CCC)CC(Sc2cccc(Br)c2)(C(=O)O)C1. The molecule has 0 spiro atoms. The molecule has 1 aromatic rings. The second-order valence-electron chi connectivity index (χ2n) is 6.21. The Morgan fingerprint density at radius 2 is 1.90 bits per heavy atom. The van der Waals surface area contributed by atoms with Crippen LogP contribution in [0.4, 0.5) is 0 Å². The van der Waals surface area contributed by atoms with Gasteiger partial charge in [0.1, 0.15) is 4.75 Å². The Bertz CT molecular complexity index is 501. The van der Waals surface area contributed by atoms with Gasteiger partial charge in [0.2, 0.25) is 0 Å². The molecule has 21 heavy (non-hydrogen) atoms. The molecule has 4 heteroatoms. The molecule has 0 unspecified atom stereocenters. The Labute approximate surface area is 139 Å². The minimum Gasteiger partial charge on any atom is -0.480 e. The van der Waals surface area contributed by atoms with Crippen LogP contribution < -0.4 is 0 Å². The Balaban J connectivity index is 2.16. The number of benzene rings is 1. The summed E-state index contributed by atoms with van der Waals surface area (Å²) in [5.41, 5.74) is 0.251. The molecule has 0 saturated heterocycles. The zero-order valence-electron chi connectivity index (χ0n) is 12.7. The van der Waals surface area contributed by atoms with Crippen LogP contribution in [-0.4, -0.2) is 15.8 Å². The Hall–Kier alpha value is -0.480. The zero-order chi connectivity index (χ0) is 15.5. The molecule has 116 valence electrons. The molecule has 1 N–H and O–H groups in total. The van der Waals surface area contributed by atoms with Crippen molar-refractivity contribution in [3.05, 3.63) is 28.7 Å². The van der Waals surface area contributed by atoms with Gasteiger partial charge in [-0.1, -0.05) is 48.7 Å². The van der Waals surface area contributed by atoms with Gasteiger partial charge in [0, 0.05) is 9.37 Å². The van der Waals surface area contributed by atoms with Crippen LogP contribution in [0.1, 0.15) is 52.4 Å². The van der Waals surface area contributed by atoms with E-state index in [1.807, 2.05) is 24.3 Å². The van der Waals surface area contributed by atoms with E-state index < -0.39 is 10.7 Å². The fraction of sp³-hybridized carbons (Fsp3) is 0.588. The summed E-state index contributed by atoms with van der Waals surface area (Å²) < 4.78 is 0.367. The van der Waals surface area contributed by atoms with E-state index in [4.69, 9.17) is 0 Å². The molecule has 1 saturated carbocycles. The summed E-state index contributed by atoms with van der Waals surface area (Å²) >= 11 is 4.98. The van der Waals surface area contributed by atoms with E-state index in [1.54, 1.807) is 0 Å². The van der Waals surface area contributed by atoms with Gasteiger partial charge < -0.3 is 5.11 Å². The van der Waals surface area contributed by atoms with E-state index in [1.165, 1.54) is 11.8 Å². The van der Waals surface area contributed by atoms with Crippen LogP contribution in [0.25, 0.3) is 0 Å². The van der Waals surface area contributed by atoms with Gasteiger partial charge in [0.05, 0.1) is 0 Å². The van der Waals surface area contributed by atoms with Crippen molar-refractivity contribution in [1.29, 1.82) is 0 Å². The van der Waals surface area contributed by atoms with Gasteiger partial charge in [-0.05, 0) is 49.3 Å². The molecule has 0 heterocycles. The highest BCUT2D eigenvalue weighted by Crippen LogP contribution is 2.61. The van der Waals surface area contributed by atoms with Gasteiger partial charge in [0.15, 0.2) is 0 Å². The Morgan fingerprint density at radius 1 is 1.29 bits per heavy atom. The zero-order valence-corrected chi connectivity index (χ0v) is 15.1. The largest absolute Gasteiger partial charge is 0.480 e. The number of carboxylic acids is 1. The minimum absolute atomic E-state index is 0.251. The maximum absolute atomic E-state index is 11.9. The molecule has 0 radical (unpaired) electrons. The van der Waals surface area contributed by atoms with Gasteiger partial charge in [0.25, 0.3) is 0 Å². The third-order valence-corrected chi connectivity index (χ3v) is 6.22. The first-order chi connectivity index (χ1) is 9.95. The predicted octanol–water partition coefficient (Wildman–Crippen LogP) is 5.75. The van der Waals surface area contributed by atoms with Gasteiger partial charge in [-0.15, -0.1) is 11.8 Å². The lowest BCUT2D eigenvalue weighted by Crippen LogP contribution is -2.54. The fourth-order valence-electron chi connectivity index (χ4n) is 3.72. The lowest BCUT2D eigenvalue weighted by atomic mass is 9.57. The summed E-state index contributed by atoms with van der Waals surface area (Å²) in [6.07, 6.45) is 6.17. The van der Waals surface area contributed by atoms with Crippen LogP contribution in [0.5, 0.6) is 0 Å². The molecule has 0 atom stereocenters. The van der Waals surface area contributed by atoms with E-state index in [2.05, 4.69) is 29.8 Å². The van der Waals surface area contributed by atoms with Crippen LogP contribution in [0.15, 0.2) is 33.6 Å². The normalized spacial score (nSPS) is 19.0. The standard InChI is InChI=1S/C17H23BrO2S/c1-3-8-16(9-4-2)11-17(12-16,15(19)20)21-14-7-5-6-13(18)10-14/h5-7,10H,3-4,8-9,11-12H2,1-2H3,(H,19,20). The van der Waals surface area contributed by atoms with Gasteiger partial charge >= 0.3 is 5.97 Å². The van der Waals surface area contributed by atoms with Crippen LogP contribution in [0.3, 0.4) is 0 Å². The summed E-state index contributed by atoms with van der Waals surface area (Å²) in [6, 6.07) is 7.94. The Morgan fingerprint density at radius 3 is 2.38 bits per heavy atom. The molecule has 1 fully saturated rings. The van der Waals surface area contributed by atoms with E-state index in [0.29, 0.717) is 0 Å². The van der Waals surface area contributed by atoms with Crippen molar-refractivity contribution in [2.24, 2.45) is 5.41 Å². The van der Waals surface area contributed by atoms with Crippen LogP contribution >= 0.6 is 27.7 Å². The summed E-state index contributed by atoms with van der Waals surface area (Å²) in [7, 11) is 0. The predicted molar refractivity (Wildman–Crippen MR) is 91.8 cm³/mol. The lowest BCUT2D eigenvalue weighted by molar-refractivity contribution is -0.147. The lowest BCUT2D eigenvalue weighted by Gasteiger charge is -2.54. The first-order valence-corrected chi connectivity index (χ1v) is 9.24. The number of hydrogen-bond acceptors (Lipinski definition) is 2. The topological polar surface area (TPSA) is 37.3 Å². The van der Waals surface area contributed by atoms with Crippen molar-refractivity contribution in [2.75, 3.05) is 0 Å². The van der Waals surface area contributed by atoms with Crippen molar-refractivity contribution in [1.82, 2.24) is 0 Å². The fourth-order valence-corrected chi connectivity index (χ4v) is 5.90. The molecule has 1 aromatic carbocycles. The number of halogens is 1. The average Bonchev–Trinajstić information content (AvgIpc) is 2.36. The second-order valence-corrected chi connectivity index (χ2v) is 8.59. The quantitative estimate of drug-likeness (QED) is 0.664. The summed E-state index contributed by atoms with van der Waals surface area (Å²) in [6.45, 7) is 4.39. The van der Waals surface area contributed by atoms with Gasteiger partial charge in [-0.25, -0.2) is 0 Å². The third kappa shape index (κ3) is 3.65. The molecule has 2 nitrogen and oxygen atoms in total. The van der Waals surface area contributed by atoms with Crippen molar-refractivity contribution in [3.8, 4) is 0 Å².